The van der Waals surface area contributed by atoms with E-state index in [-0.39, 0.29) is 9.37 Å². The maximum atomic E-state index is 13.4. The number of halogens is 2. The maximum Gasteiger partial charge on any atom is 0.240 e. The van der Waals surface area contributed by atoms with Gasteiger partial charge < -0.3 is 4.90 Å². The van der Waals surface area contributed by atoms with E-state index in [4.69, 9.17) is 0 Å². The topological polar surface area (TPSA) is 49.4 Å². The molecule has 0 aromatic heterocycles. The molecule has 1 aromatic rings. The van der Waals surface area contributed by atoms with Crippen LogP contribution in [0.2, 0.25) is 0 Å². The maximum absolute atomic E-state index is 13.4. The largest absolute Gasteiger partial charge is 0.303 e. The number of hydrogen-bond donors (Lipinski definition) is 1. The van der Waals surface area contributed by atoms with E-state index in [9.17, 15) is 12.8 Å². The molecule has 2 rings (SSSR count). The lowest BCUT2D eigenvalue weighted by atomic mass is 10.3. The van der Waals surface area contributed by atoms with Gasteiger partial charge >= 0.3 is 0 Å². The fourth-order valence-electron chi connectivity index (χ4n) is 2.24. The highest BCUT2D eigenvalue weighted by molar-refractivity contribution is 9.10. The first-order valence-electron chi connectivity index (χ1n) is 6.66. The molecule has 0 aliphatic carbocycles. The summed E-state index contributed by atoms with van der Waals surface area (Å²) >= 11 is 3.00. The fourth-order valence-corrected chi connectivity index (χ4v) is 3.57. The third-order valence-corrected chi connectivity index (χ3v) is 5.45. The van der Waals surface area contributed by atoms with Gasteiger partial charge in [-0.2, -0.15) is 0 Å². The van der Waals surface area contributed by atoms with E-state index in [1.807, 2.05) is 0 Å². The minimum Gasteiger partial charge on any atom is -0.303 e. The van der Waals surface area contributed by atoms with Crippen molar-refractivity contribution in [3.8, 4) is 0 Å². The highest BCUT2D eigenvalue weighted by Gasteiger charge is 2.16. The molecule has 112 valence electrons. The van der Waals surface area contributed by atoms with E-state index in [0.717, 1.165) is 32.1 Å². The summed E-state index contributed by atoms with van der Waals surface area (Å²) in [7, 11) is -3.62. The molecule has 1 fully saturated rings. The van der Waals surface area contributed by atoms with Gasteiger partial charge in [0, 0.05) is 6.54 Å². The van der Waals surface area contributed by atoms with Gasteiger partial charge in [0.15, 0.2) is 0 Å². The van der Waals surface area contributed by atoms with Crippen molar-refractivity contribution in [2.75, 3.05) is 26.2 Å². The van der Waals surface area contributed by atoms with E-state index < -0.39 is 15.8 Å². The van der Waals surface area contributed by atoms with Gasteiger partial charge in [-0.3, -0.25) is 0 Å². The van der Waals surface area contributed by atoms with E-state index in [1.54, 1.807) is 0 Å². The number of likely N-dealkylation sites (tertiary alicyclic amines) is 1. The second-order valence-electron chi connectivity index (χ2n) is 4.88. The molecule has 20 heavy (non-hydrogen) atoms. The Balaban J connectivity index is 1.85. The summed E-state index contributed by atoms with van der Waals surface area (Å²) in [6.07, 6.45) is 3.21. The number of sulfonamides is 1. The zero-order valence-electron chi connectivity index (χ0n) is 11.1. The van der Waals surface area contributed by atoms with E-state index in [0.29, 0.717) is 6.54 Å². The molecule has 1 N–H and O–H groups in total. The average molecular weight is 365 g/mol. The van der Waals surface area contributed by atoms with Crippen LogP contribution in [0.3, 0.4) is 0 Å². The second-order valence-corrected chi connectivity index (χ2v) is 7.50. The molecular formula is C13H18BrFN2O2S. The second kappa shape index (κ2) is 6.98. The summed E-state index contributed by atoms with van der Waals surface area (Å²) in [5.74, 6) is -0.579. The minimum absolute atomic E-state index is 0.0422. The molecule has 0 atom stereocenters. The molecule has 1 heterocycles. The first-order valence-corrected chi connectivity index (χ1v) is 8.94. The Bertz CT molecular complexity index is 559. The van der Waals surface area contributed by atoms with E-state index in [2.05, 4.69) is 25.6 Å². The van der Waals surface area contributed by atoms with Gasteiger partial charge in [0.1, 0.15) is 5.82 Å². The quantitative estimate of drug-likeness (QED) is 0.788. The zero-order chi connectivity index (χ0) is 14.6. The zero-order valence-corrected chi connectivity index (χ0v) is 13.5. The molecule has 4 nitrogen and oxygen atoms in total. The molecule has 0 amide bonds. The van der Waals surface area contributed by atoms with Gasteiger partial charge in [-0.15, -0.1) is 0 Å². The Labute approximate surface area is 127 Å². The molecular weight excluding hydrogens is 347 g/mol. The van der Waals surface area contributed by atoms with Crippen LogP contribution in [0, 0.1) is 5.82 Å². The molecule has 1 aromatic carbocycles. The monoisotopic (exact) mass is 364 g/mol. The predicted octanol–water partition coefficient (Wildman–Crippen LogP) is 2.35. The summed E-state index contributed by atoms with van der Waals surface area (Å²) in [5.41, 5.74) is 0. The Morgan fingerprint density at radius 1 is 1.30 bits per heavy atom. The molecule has 1 aliphatic rings. The van der Waals surface area contributed by atoms with Crippen LogP contribution in [-0.4, -0.2) is 39.5 Å². The highest BCUT2D eigenvalue weighted by Crippen LogP contribution is 2.19. The standard InChI is InChI=1S/C13H18BrFN2O2S/c14-12-5-4-11(10-13(12)15)20(18,19)16-6-3-9-17-7-1-2-8-17/h4-5,10,16H,1-3,6-9H2. The predicted molar refractivity (Wildman–Crippen MR) is 79.6 cm³/mol. The molecule has 0 bridgehead atoms. The lowest BCUT2D eigenvalue weighted by molar-refractivity contribution is 0.334. The molecule has 7 heteroatoms. The van der Waals surface area contributed by atoms with Crippen LogP contribution < -0.4 is 4.72 Å². The summed E-state index contributed by atoms with van der Waals surface area (Å²) in [5, 5.41) is 0. The highest BCUT2D eigenvalue weighted by atomic mass is 79.9. The summed E-state index contributed by atoms with van der Waals surface area (Å²) in [4.78, 5) is 2.28. The van der Waals surface area contributed by atoms with Crippen LogP contribution in [0.25, 0.3) is 0 Å². The summed E-state index contributed by atoms with van der Waals surface area (Å²) in [6.45, 7) is 3.48. The van der Waals surface area contributed by atoms with Crippen LogP contribution in [0.1, 0.15) is 19.3 Å². The number of benzene rings is 1. The normalized spacial score (nSPS) is 16.7. The number of nitrogens with zero attached hydrogens (tertiary/aromatic N) is 1. The minimum atomic E-state index is -3.62. The third-order valence-electron chi connectivity index (χ3n) is 3.34. The number of rotatable bonds is 6. The van der Waals surface area contributed by atoms with Gasteiger partial charge in [0.05, 0.1) is 9.37 Å². The van der Waals surface area contributed by atoms with Gasteiger partial charge in [0.25, 0.3) is 0 Å². The summed E-state index contributed by atoms with van der Waals surface area (Å²) in [6, 6.07) is 3.80. The van der Waals surface area contributed by atoms with Crippen molar-refractivity contribution in [2.45, 2.75) is 24.2 Å². The lowest BCUT2D eigenvalue weighted by Crippen LogP contribution is -2.28. The van der Waals surface area contributed by atoms with Gasteiger partial charge in [0.2, 0.25) is 10.0 Å². The van der Waals surface area contributed by atoms with Gasteiger partial charge in [-0.1, -0.05) is 0 Å². The first-order chi connectivity index (χ1) is 9.49. The Morgan fingerprint density at radius 3 is 2.65 bits per heavy atom. The molecule has 0 spiro atoms. The fraction of sp³-hybridized carbons (Fsp3) is 0.538. The van der Waals surface area contributed by atoms with Crippen molar-refractivity contribution in [1.82, 2.24) is 9.62 Å². The summed E-state index contributed by atoms with van der Waals surface area (Å²) < 4.78 is 40.1. The van der Waals surface area contributed by atoms with Gasteiger partial charge in [-0.05, 0) is 73.0 Å². The Morgan fingerprint density at radius 2 is 2.00 bits per heavy atom. The van der Waals surface area contributed by atoms with Crippen molar-refractivity contribution in [3.05, 3.63) is 28.5 Å². The molecule has 0 saturated carbocycles. The van der Waals surface area contributed by atoms with Crippen LogP contribution in [0.4, 0.5) is 4.39 Å². The smallest absolute Gasteiger partial charge is 0.240 e. The Kier molecular flexibility index (Phi) is 5.54. The van der Waals surface area contributed by atoms with Crippen molar-refractivity contribution in [3.63, 3.8) is 0 Å². The Hall–Kier alpha value is -0.500. The molecule has 0 radical (unpaired) electrons. The van der Waals surface area contributed by atoms with Crippen LogP contribution in [0.15, 0.2) is 27.6 Å². The first kappa shape index (κ1) is 15.9. The van der Waals surface area contributed by atoms with E-state index >= 15 is 0 Å². The third kappa shape index (κ3) is 4.25. The molecule has 1 aliphatic heterocycles. The van der Waals surface area contributed by atoms with E-state index in [1.165, 1.54) is 25.0 Å². The average Bonchev–Trinajstić information content (AvgIpc) is 2.91. The van der Waals surface area contributed by atoms with Crippen molar-refractivity contribution < 1.29 is 12.8 Å². The van der Waals surface area contributed by atoms with Crippen molar-refractivity contribution in [2.24, 2.45) is 0 Å². The lowest BCUT2D eigenvalue weighted by Gasteiger charge is -2.14. The van der Waals surface area contributed by atoms with Crippen LogP contribution in [0.5, 0.6) is 0 Å². The molecule has 0 unspecified atom stereocenters. The van der Waals surface area contributed by atoms with Crippen molar-refractivity contribution >= 4 is 26.0 Å². The van der Waals surface area contributed by atoms with Gasteiger partial charge in [-0.25, -0.2) is 17.5 Å². The SMILES string of the molecule is O=S(=O)(NCCCN1CCCC1)c1ccc(Br)c(F)c1. The number of nitrogens with one attached hydrogen (secondary N) is 1. The van der Waals surface area contributed by atoms with Crippen molar-refractivity contribution in [1.29, 1.82) is 0 Å². The number of hydrogen-bond acceptors (Lipinski definition) is 3. The van der Waals surface area contributed by atoms with Crippen LogP contribution in [-0.2, 0) is 10.0 Å². The molecule has 1 saturated heterocycles. The van der Waals surface area contributed by atoms with Crippen LogP contribution >= 0.6 is 15.9 Å².